The molecule has 0 aromatic heterocycles. The number of thioether (sulfide) groups is 1. The van der Waals surface area contributed by atoms with Gasteiger partial charge in [0.1, 0.15) is 29.9 Å². The standard InChI is InChI=1S/C18H30O7S/c1-2-26-16-13(20)15-14(12(11-19)23-16)24-17(7-3-5-9-21-17)18(25-15)8-4-6-10-22-18/h12-16,19-20H,2-11H2,1H3/t12-,13+,14-,15-,16-,17+,18+/m1/s1. The fourth-order valence-corrected chi connectivity index (χ4v) is 5.47. The zero-order valence-corrected chi connectivity index (χ0v) is 16.1. The molecule has 4 rings (SSSR count). The van der Waals surface area contributed by atoms with Gasteiger partial charge >= 0.3 is 0 Å². The molecule has 4 saturated heterocycles. The topological polar surface area (TPSA) is 86.6 Å². The van der Waals surface area contributed by atoms with Crippen LogP contribution in [-0.4, -0.2) is 77.2 Å². The molecule has 4 heterocycles. The Kier molecular flexibility index (Phi) is 5.84. The first-order valence-electron chi connectivity index (χ1n) is 9.84. The number of aliphatic hydroxyl groups is 2. The van der Waals surface area contributed by atoms with Crippen molar-refractivity contribution in [3.05, 3.63) is 0 Å². The number of hydrogen-bond donors (Lipinski definition) is 2. The van der Waals surface area contributed by atoms with Gasteiger partial charge in [-0.05, 0) is 31.4 Å². The Labute approximate surface area is 158 Å². The van der Waals surface area contributed by atoms with Gasteiger partial charge in [0, 0.05) is 12.8 Å². The van der Waals surface area contributed by atoms with Crippen LogP contribution in [0, 0.1) is 0 Å². The van der Waals surface area contributed by atoms with Crippen LogP contribution in [0.2, 0.25) is 0 Å². The van der Waals surface area contributed by atoms with Gasteiger partial charge in [-0.3, -0.25) is 0 Å². The number of aliphatic hydroxyl groups excluding tert-OH is 2. The minimum atomic E-state index is -0.993. The summed E-state index contributed by atoms with van der Waals surface area (Å²) >= 11 is 1.51. The van der Waals surface area contributed by atoms with E-state index < -0.39 is 41.4 Å². The van der Waals surface area contributed by atoms with Gasteiger partial charge in [0.2, 0.25) is 11.6 Å². The largest absolute Gasteiger partial charge is 0.394 e. The van der Waals surface area contributed by atoms with Gasteiger partial charge in [-0.15, -0.1) is 11.8 Å². The Balaban J connectivity index is 1.66. The van der Waals surface area contributed by atoms with Gasteiger partial charge < -0.3 is 33.9 Å². The van der Waals surface area contributed by atoms with Crippen LogP contribution in [0.15, 0.2) is 0 Å². The lowest BCUT2D eigenvalue weighted by molar-refractivity contribution is -0.498. The van der Waals surface area contributed by atoms with E-state index in [0.717, 1.165) is 31.4 Å². The van der Waals surface area contributed by atoms with Crippen molar-refractivity contribution >= 4 is 11.8 Å². The van der Waals surface area contributed by atoms with Crippen LogP contribution < -0.4 is 0 Å². The third-order valence-electron chi connectivity index (χ3n) is 5.83. The van der Waals surface area contributed by atoms with E-state index in [-0.39, 0.29) is 6.61 Å². The summed E-state index contributed by atoms with van der Waals surface area (Å²) in [4.78, 5) is 0. The lowest BCUT2D eigenvalue weighted by Gasteiger charge is -2.60. The summed E-state index contributed by atoms with van der Waals surface area (Å²) in [6.45, 7) is 3.00. The first-order chi connectivity index (χ1) is 12.6. The molecule has 2 N–H and O–H groups in total. The number of rotatable bonds is 3. The monoisotopic (exact) mass is 390 g/mol. The van der Waals surface area contributed by atoms with Crippen molar-refractivity contribution in [2.75, 3.05) is 25.6 Å². The van der Waals surface area contributed by atoms with Crippen LogP contribution in [-0.2, 0) is 23.7 Å². The highest BCUT2D eigenvalue weighted by molar-refractivity contribution is 7.99. The third kappa shape index (κ3) is 3.12. The number of ether oxygens (including phenoxy) is 5. The van der Waals surface area contributed by atoms with E-state index >= 15 is 0 Å². The van der Waals surface area contributed by atoms with E-state index in [1.807, 2.05) is 6.92 Å². The molecule has 0 aliphatic carbocycles. The van der Waals surface area contributed by atoms with E-state index in [0.29, 0.717) is 26.1 Å². The summed E-state index contributed by atoms with van der Waals surface area (Å²) in [5.74, 6) is -1.19. The maximum atomic E-state index is 10.9. The Morgan fingerprint density at radius 3 is 2.08 bits per heavy atom. The molecule has 0 unspecified atom stereocenters. The minimum Gasteiger partial charge on any atom is -0.394 e. The Hall–Kier alpha value is 0.0700. The highest BCUT2D eigenvalue weighted by Crippen LogP contribution is 2.51. The van der Waals surface area contributed by atoms with Gasteiger partial charge in [-0.2, -0.15) is 0 Å². The molecule has 0 amide bonds. The molecule has 0 radical (unpaired) electrons. The van der Waals surface area contributed by atoms with Crippen LogP contribution in [0.3, 0.4) is 0 Å². The van der Waals surface area contributed by atoms with Gasteiger partial charge in [0.25, 0.3) is 0 Å². The lowest BCUT2D eigenvalue weighted by Crippen LogP contribution is -2.75. The molecule has 0 bridgehead atoms. The van der Waals surface area contributed by atoms with Gasteiger partial charge in [-0.25, -0.2) is 0 Å². The second-order valence-corrected chi connectivity index (χ2v) is 8.83. The van der Waals surface area contributed by atoms with Crippen molar-refractivity contribution in [2.45, 2.75) is 86.9 Å². The van der Waals surface area contributed by atoms with Crippen molar-refractivity contribution in [3.8, 4) is 0 Å². The van der Waals surface area contributed by atoms with E-state index in [2.05, 4.69) is 0 Å². The summed E-state index contributed by atoms with van der Waals surface area (Å²) in [6, 6.07) is 0. The van der Waals surface area contributed by atoms with Crippen molar-refractivity contribution in [3.63, 3.8) is 0 Å². The number of hydrogen-bond acceptors (Lipinski definition) is 8. The molecule has 26 heavy (non-hydrogen) atoms. The Bertz CT molecular complexity index is 478. The third-order valence-corrected chi connectivity index (χ3v) is 6.88. The zero-order chi connectivity index (χ0) is 18.2. The summed E-state index contributed by atoms with van der Waals surface area (Å²) in [6.07, 6.45) is 2.64. The second kappa shape index (κ2) is 7.83. The van der Waals surface area contributed by atoms with Crippen molar-refractivity contribution < 1.29 is 33.9 Å². The van der Waals surface area contributed by atoms with Gasteiger partial charge in [-0.1, -0.05) is 6.92 Å². The van der Waals surface area contributed by atoms with Gasteiger partial charge in [0.15, 0.2) is 0 Å². The molecule has 4 fully saturated rings. The molecule has 0 aromatic carbocycles. The second-order valence-electron chi connectivity index (χ2n) is 7.45. The molecular weight excluding hydrogens is 360 g/mol. The maximum absolute atomic E-state index is 10.9. The maximum Gasteiger partial charge on any atom is 0.224 e. The summed E-state index contributed by atoms with van der Waals surface area (Å²) in [5, 5.41) is 20.7. The predicted octanol–water partition coefficient (Wildman–Crippen LogP) is 1.40. The van der Waals surface area contributed by atoms with Crippen LogP contribution >= 0.6 is 11.8 Å². The van der Waals surface area contributed by atoms with Crippen LogP contribution in [0.25, 0.3) is 0 Å². The fourth-order valence-electron chi connectivity index (χ4n) is 4.56. The van der Waals surface area contributed by atoms with Crippen LogP contribution in [0.5, 0.6) is 0 Å². The Morgan fingerprint density at radius 1 is 0.962 bits per heavy atom. The zero-order valence-electron chi connectivity index (χ0n) is 15.3. The first-order valence-corrected chi connectivity index (χ1v) is 10.9. The first kappa shape index (κ1) is 19.4. The molecule has 150 valence electrons. The molecule has 2 spiro atoms. The van der Waals surface area contributed by atoms with E-state index in [1.165, 1.54) is 11.8 Å². The quantitative estimate of drug-likeness (QED) is 0.748. The molecule has 7 atom stereocenters. The van der Waals surface area contributed by atoms with Crippen molar-refractivity contribution in [1.29, 1.82) is 0 Å². The van der Waals surface area contributed by atoms with E-state index in [1.54, 1.807) is 0 Å². The molecule has 0 aromatic rings. The summed E-state index contributed by atoms with van der Waals surface area (Å²) < 4.78 is 31.2. The molecule has 4 aliphatic heterocycles. The molecule has 0 saturated carbocycles. The van der Waals surface area contributed by atoms with E-state index in [9.17, 15) is 10.2 Å². The highest BCUT2D eigenvalue weighted by Gasteiger charge is 2.66. The SMILES string of the molecule is CCS[C@H]1O[C@H](CO)[C@H]2O[C@@]3(CCCCO3)[C@]3(CCCCO3)O[C@@H]2[C@@H]1O. The minimum absolute atomic E-state index is 0.193. The van der Waals surface area contributed by atoms with Crippen LogP contribution in [0.1, 0.15) is 45.4 Å². The van der Waals surface area contributed by atoms with Crippen molar-refractivity contribution in [1.82, 2.24) is 0 Å². The molecule has 7 nitrogen and oxygen atoms in total. The van der Waals surface area contributed by atoms with Crippen LogP contribution in [0.4, 0.5) is 0 Å². The van der Waals surface area contributed by atoms with E-state index in [4.69, 9.17) is 23.7 Å². The lowest BCUT2D eigenvalue weighted by atomic mass is 9.86. The predicted molar refractivity (Wildman–Crippen MR) is 94.7 cm³/mol. The molecule has 8 heteroatoms. The smallest absolute Gasteiger partial charge is 0.224 e. The normalized spacial score (nSPS) is 49.3. The summed E-state index contributed by atoms with van der Waals surface area (Å²) in [7, 11) is 0. The average molecular weight is 390 g/mol. The fraction of sp³-hybridized carbons (Fsp3) is 1.00. The number of fused-ring (bicyclic) bond motifs is 2. The van der Waals surface area contributed by atoms with Crippen molar-refractivity contribution in [2.24, 2.45) is 0 Å². The molecular formula is C18H30O7S. The summed E-state index contributed by atoms with van der Waals surface area (Å²) in [5.41, 5.74) is -0.455. The van der Waals surface area contributed by atoms with Gasteiger partial charge in [0.05, 0.1) is 19.8 Å². The average Bonchev–Trinajstić information content (AvgIpc) is 2.67. The Morgan fingerprint density at radius 2 is 1.58 bits per heavy atom. The highest BCUT2D eigenvalue weighted by atomic mass is 32.2. The molecule has 4 aliphatic rings.